The molecule has 0 spiro atoms. The van der Waals surface area contributed by atoms with Crippen LogP contribution in [0.25, 0.3) is 0 Å². The Kier molecular flexibility index (Phi) is 9.12. The minimum Gasteiger partial charge on any atom is -0.493 e. The molecule has 1 N–H and O–H groups in total. The van der Waals surface area contributed by atoms with Crippen molar-refractivity contribution in [2.75, 3.05) is 46.4 Å². The first-order chi connectivity index (χ1) is 19.9. The van der Waals surface area contributed by atoms with E-state index in [9.17, 15) is 14.4 Å². The number of hydrogen-bond acceptors (Lipinski definition) is 9. The van der Waals surface area contributed by atoms with Gasteiger partial charge in [-0.1, -0.05) is 6.07 Å². The largest absolute Gasteiger partial charge is 0.493 e. The minimum absolute atomic E-state index is 0.0147. The third kappa shape index (κ3) is 6.67. The van der Waals surface area contributed by atoms with E-state index in [2.05, 4.69) is 20.4 Å². The first kappa shape index (κ1) is 28.5. The number of aromatic nitrogens is 4. The number of nitrogens with zero attached hydrogens (tertiary/aromatic N) is 6. The maximum absolute atomic E-state index is 13.5. The Morgan fingerprint density at radius 3 is 2.80 bits per heavy atom. The molecule has 12 nitrogen and oxygen atoms in total. The summed E-state index contributed by atoms with van der Waals surface area (Å²) in [6.45, 7) is 4.76. The molecule has 0 unspecified atom stereocenters. The van der Waals surface area contributed by atoms with Crippen molar-refractivity contribution in [1.29, 1.82) is 0 Å². The zero-order valence-corrected chi connectivity index (χ0v) is 24.1. The van der Waals surface area contributed by atoms with Crippen LogP contribution in [-0.4, -0.2) is 93.7 Å². The van der Waals surface area contributed by atoms with Crippen molar-refractivity contribution in [1.82, 2.24) is 34.9 Å². The smallest absolute Gasteiger partial charge is 0.265 e. The molecule has 0 aliphatic carbocycles. The molecule has 218 valence electrons. The molecular weight excluding hydrogens is 546 g/mol. The van der Waals surface area contributed by atoms with Crippen molar-refractivity contribution in [2.45, 2.75) is 38.6 Å². The average Bonchev–Trinajstić information content (AvgIpc) is 3.75. The molecule has 41 heavy (non-hydrogen) atoms. The summed E-state index contributed by atoms with van der Waals surface area (Å²) in [6, 6.07) is 5.66. The predicted molar refractivity (Wildman–Crippen MR) is 151 cm³/mol. The molecule has 2 atom stereocenters. The lowest BCUT2D eigenvalue weighted by atomic mass is 9.88. The number of benzene rings is 1. The predicted octanol–water partition coefficient (Wildman–Crippen LogP) is 2.12. The molecule has 2 aliphatic rings. The maximum Gasteiger partial charge on any atom is 0.265 e. The van der Waals surface area contributed by atoms with Gasteiger partial charge in [0.05, 0.1) is 30.8 Å². The van der Waals surface area contributed by atoms with Crippen LogP contribution >= 0.6 is 11.3 Å². The van der Waals surface area contributed by atoms with E-state index < -0.39 is 5.92 Å². The normalized spacial score (nSPS) is 19.6. The second kappa shape index (κ2) is 13.1. The summed E-state index contributed by atoms with van der Waals surface area (Å²) < 4.78 is 13.4. The second-order valence-corrected chi connectivity index (χ2v) is 11.1. The van der Waals surface area contributed by atoms with Crippen LogP contribution in [0.4, 0.5) is 0 Å². The zero-order chi connectivity index (χ0) is 28.8. The number of hydrogen-bond donors (Lipinski definition) is 1. The van der Waals surface area contributed by atoms with Gasteiger partial charge in [-0.25, -0.2) is 9.97 Å². The van der Waals surface area contributed by atoms with E-state index in [1.165, 1.54) is 17.7 Å². The van der Waals surface area contributed by atoms with Crippen LogP contribution in [-0.2, 0) is 16.1 Å². The highest BCUT2D eigenvalue weighted by Gasteiger charge is 2.40. The van der Waals surface area contributed by atoms with Crippen molar-refractivity contribution in [3.8, 4) is 11.5 Å². The Hall–Kier alpha value is -4.00. The van der Waals surface area contributed by atoms with Gasteiger partial charge >= 0.3 is 0 Å². The molecule has 4 heterocycles. The molecule has 1 fully saturated rings. The lowest BCUT2D eigenvalue weighted by Gasteiger charge is -2.25. The van der Waals surface area contributed by atoms with Crippen molar-refractivity contribution < 1.29 is 23.9 Å². The Labute approximate surface area is 242 Å². The van der Waals surface area contributed by atoms with Crippen LogP contribution in [0.3, 0.4) is 0 Å². The molecule has 3 amide bonds. The van der Waals surface area contributed by atoms with Gasteiger partial charge in [0.25, 0.3) is 5.91 Å². The minimum atomic E-state index is -0.406. The number of carbonyl (C=O) groups excluding carboxylic acids is 3. The Morgan fingerprint density at radius 1 is 1.20 bits per heavy atom. The summed E-state index contributed by atoms with van der Waals surface area (Å²) in [7, 11) is 1.58. The number of nitrogens with one attached hydrogen (secondary N) is 1. The average molecular weight is 582 g/mol. The molecular formula is C28H35N7O5S. The summed E-state index contributed by atoms with van der Waals surface area (Å²) >= 11 is 1.32. The van der Waals surface area contributed by atoms with Gasteiger partial charge < -0.3 is 24.6 Å². The van der Waals surface area contributed by atoms with Crippen LogP contribution in [0.2, 0.25) is 0 Å². The molecule has 2 aliphatic heterocycles. The van der Waals surface area contributed by atoms with Crippen LogP contribution < -0.4 is 14.8 Å². The fourth-order valence-electron chi connectivity index (χ4n) is 5.39. The van der Waals surface area contributed by atoms with E-state index in [1.54, 1.807) is 33.4 Å². The number of amides is 3. The van der Waals surface area contributed by atoms with Gasteiger partial charge in [0, 0.05) is 45.1 Å². The second-order valence-electron chi connectivity index (χ2n) is 10.2. The van der Waals surface area contributed by atoms with E-state index in [0.29, 0.717) is 80.6 Å². The third-order valence-corrected chi connectivity index (χ3v) is 8.54. The number of ether oxygens (including phenoxy) is 2. The van der Waals surface area contributed by atoms with Gasteiger partial charge in [0.1, 0.15) is 24.1 Å². The monoisotopic (exact) mass is 581 g/mol. The number of carbonyl (C=O) groups is 3. The summed E-state index contributed by atoms with van der Waals surface area (Å²) in [5.74, 6) is 0.341. The van der Waals surface area contributed by atoms with Crippen molar-refractivity contribution >= 4 is 29.1 Å². The van der Waals surface area contributed by atoms with Crippen LogP contribution in [0.5, 0.6) is 11.5 Å². The number of methoxy groups -OCH3 is 1. The lowest BCUT2D eigenvalue weighted by Crippen LogP contribution is -2.39. The van der Waals surface area contributed by atoms with Gasteiger partial charge in [-0.3, -0.25) is 19.1 Å². The first-order valence-electron chi connectivity index (χ1n) is 13.8. The maximum atomic E-state index is 13.5. The number of fused-ring (bicyclic) bond motifs is 4. The quantitative estimate of drug-likeness (QED) is 0.468. The highest BCUT2D eigenvalue weighted by Crippen LogP contribution is 2.38. The van der Waals surface area contributed by atoms with Gasteiger partial charge in [-0.15, -0.1) is 11.3 Å². The number of likely N-dealkylation sites (tertiary alicyclic amines) is 1. The standard InChI is InChI=1S/C28H35N7O5S/c1-19-26(41-18-31-19)28(38)33-9-4-8-30-27(37)22-15-34(25(36)5-3-10-35-17-29-16-32-35)14-21(22)20-6-7-23(39-2)24(13-20)40-12-11-33/h6-7,13,16-18,21-22H,3-5,8-12,14-15H2,1-2H3,(H,30,37)/t21-,22+/m1/s1. The van der Waals surface area contributed by atoms with E-state index in [0.717, 1.165) is 5.56 Å². The van der Waals surface area contributed by atoms with Crippen molar-refractivity contribution in [3.63, 3.8) is 0 Å². The lowest BCUT2D eigenvalue weighted by molar-refractivity contribution is -0.130. The van der Waals surface area contributed by atoms with Crippen LogP contribution in [0.15, 0.2) is 36.4 Å². The van der Waals surface area contributed by atoms with Crippen molar-refractivity contribution in [2.24, 2.45) is 5.92 Å². The van der Waals surface area contributed by atoms with Crippen LogP contribution in [0.1, 0.15) is 46.1 Å². The third-order valence-electron chi connectivity index (χ3n) is 7.62. The van der Waals surface area contributed by atoms with Gasteiger partial charge in [0.2, 0.25) is 11.8 Å². The van der Waals surface area contributed by atoms with E-state index in [-0.39, 0.29) is 30.2 Å². The van der Waals surface area contributed by atoms with Crippen molar-refractivity contribution in [3.05, 3.63) is 52.5 Å². The molecule has 1 aromatic carbocycles. The fraction of sp³-hybridized carbons (Fsp3) is 0.500. The molecule has 5 rings (SSSR count). The molecule has 2 bridgehead atoms. The summed E-state index contributed by atoms with van der Waals surface area (Å²) in [5, 5.41) is 7.15. The van der Waals surface area contributed by atoms with E-state index in [1.807, 2.05) is 25.1 Å². The summed E-state index contributed by atoms with van der Waals surface area (Å²) in [5.41, 5.74) is 3.28. The Morgan fingerprint density at radius 2 is 2.05 bits per heavy atom. The molecule has 13 heteroatoms. The van der Waals surface area contributed by atoms with Gasteiger partial charge in [0.15, 0.2) is 11.5 Å². The first-order valence-corrected chi connectivity index (χ1v) is 14.7. The zero-order valence-electron chi connectivity index (χ0n) is 23.3. The summed E-state index contributed by atoms with van der Waals surface area (Å²) in [4.78, 5) is 52.2. The Bertz CT molecular complexity index is 1360. The van der Waals surface area contributed by atoms with E-state index in [4.69, 9.17) is 9.47 Å². The van der Waals surface area contributed by atoms with Crippen LogP contribution in [0, 0.1) is 12.8 Å². The Balaban J connectivity index is 1.33. The van der Waals surface area contributed by atoms with E-state index >= 15 is 0 Å². The summed E-state index contributed by atoms with van der Waals surface area (Å²) in [6.07, 6.45) is 4.69. The molecule has 1 saturated heterocycles. The highest BCUT2D eigenvalue weighted by molar-refractivity contribution is 7.11. The number of aryl methyl sites for hydroxylation is 2. The molecule has 0 radical (unpaired) electrons. The topological polar surface area (TPSA) is 132 Å². The SMILES string of the molecule is COc1ccc2cc1OCCN(C(=O)c1scnc1C)CCCNC(=O)[C@H]1CN(C(=O)CCCn3cncn3)C[C@H]21. The van der Waals surface area contributed by atoms with Gasteiger partial charge in [-0.2, -0.15) is 5.10 Å². The fourth-order valence-corrected chi connectivity index (χ4v) is 6.16. The molecule has 3 aromatic rings. The molecule has 2 aromatic heterocycles. The molecule has 0 saturated carbocycles. The highest BCUT2D eigenvalue weighted by atomic mass is 32.1. The number of thiazole rings is 1. The van der Waals surface area contributed by atoms with Gasteiger partial charge in [-0.05, 0) is 37.5 Å². The number of rotatable bonds is 6.